The minimum Gasteiger partial charge on any atom is -0.458 e. The van der Waals surface area contributed by atoms with Gasteiger partial charge in [-0.3, -0.25) is 0 Å². The van der Waals surface area contributed by atoms with E-state index in [-0.39, 0.29) is 6.61 Å². The molecular formula is C15H16N2O4. The number of carbonyl (C=O) groups excluding carboxylic acids is 2. The number of rotatable bonds is 4. The topological polar surface area (TPSA) is 69.6 Å². The number of alkyl carbamates (subject to hydrolysis) is 1. The molecule has 0 aliphatic carbocycles. The molecule has 21 heavy (non-hydrogen) atoms. The van der Waals surface area contributed by atoms with Crippen molar-refractivity contribution in [3.63, 3.8) is 0 Å². The second-order valence-corrected chi connectivity index (χ2v) is 4.85. The second kappa shape index (κ2) is 5.47. The maximum absolute atomic E-state index is 12.2. The Morgan fingerprint density at radius 3 is 3.00 bits per heavy atom. The van der Waals surface area contributed by atoms with Crippen LogP contribution in [0.25, 0.3) is 10.9 Å². The number of ether oxygens (including phenoxy) is 2. The summed E-state index contributed by atoms with van der Waals surface area (Å²) in [6.07, 6.45) is 0.908. The van der Waals surface area contributed by atoms with Crippen LogP contribution < -0.4 is 5.32 Å². The molecule has 2 heterocycles. The Hall–Kier alpha value is -2.50. The van der Waals surface area contributed by atoms with E-state index >= 15 is 0 Å². The monoisotopic (exact) mass is 288 g/mol. The molecule has 0 radical (unpaired) electrons. The summed E-state index contributed by atoms with van der Waals surface area (Å²) in [7, 11) is 0. The zero-order valence-electron chi connectivity index (χ0n) is 11.7. The molecule has 1 N–H and O–H groups in total. The summed E-state index contributed by atoms with van der Waals surface area (Å²) >= 11 is 0. The number of nitrogens with zero attached hydrogens (tertiary/aromatic N) is 1. The fraction of sp³-hybridized carbons (Fsp3) is 0.333. The van der Waals surface area contributed by atoms with Crippen LogP contribution in [0.1, 0.15) is 17.3 Å². The standard InChI is InChI=1S/C15H16N2O4/c1-2-17-8-12(11-5-3-4-6-13(11)17)14(18)20-9-10-7-16-15(19)21-10/h3-6,8,10H,2,7,9H2,1H3,(H,16,19)/t10-/m0/s1. The lowest BCUT2D eigenvalue weighted by Crippen LogP contribution is -2.22. The van der Waals surface area contributed by atoms with Gasteiger partial charge in [0, 0.05) is 23.6 Å². The molecule has 0 saturated carbocycles. The maximum atomic E-state index is 12.2. The van der Waals surface area contributed by atoms with Gasteiger partial charge in [-0.05, 0) is 13.0 Å². The van der Waals surface area contributed by atoms with Crippen molar-refractivity contribution in [1.29, 1.82) is 0 Å². The van der Waals surface area contributed by atoms with Crippen molar-refractivity contribution in [3.05, 3.63) is 36.0 Å². The van der Waals surface area contributed by atoms with Crippen molar-refractivity contribution in [2.75, 3.05) is 13.2 Å². The quantitative estimate of drug-likeness (QED) is 0.873. The molecule has 0 unspecified atom stereocenters. The highest BCUT2D eigenvalue weighted by Crippen LogP contribution is 2.22. The fourth-order valence-electron chi connectivity index (χ4n) is 2.44. The number of hydrogen-bond acceptors (Lipinski definition) is 4. The minimum atomic E-state index is -0.473. The zero-order valence-corrected chi connectivity index (χ0v) is 11.7. The van der Waals surface area contributed by atoms with Gasteiger partial charge in [-0.15, -0.1) is 0 Å². The minimum absolute atomic E-state index is 0.0587. The Balaban J connectivity index is 1.77. The van der Waals surface area contributed by atoms with Crippen LogP contribution in [0.4, 0.5) is 4.79 Å². The van der Waals surface area contributed by atoms with Crippen molar-refractivity contribution >= 4 is 23.0 Å². The van der Waals surface area contributed by atoms with E-state index in [0.717, 1.165) is 17.4 Å². The Bertz CT molecular complexity index is 692. The van der Waals surface area contributed by atoms with Crippen LogP contribution in [0.2, 0.25) is 0 Å². The van der Waals surface area contributed by atoms with Gasteiger partial charge in [0.25, 0.3) is 0 Å². The third-order valence-corrected chi connectivity index (χ3v) is 3.50. The Morgan fingerprint density at radius 2 is 2.29 bits per heavy atom. The average molecular weight is 288 g/mol. The van der Waals surface area contributed by atoms with Crippen LogP contribution in [-0.2, 0) is 16.0 Å². The third kappa shape index (κ3) is 2.56. The van der Waals surface area contributed by atoms with E-state index in [1.54, 1.807) is 6.20 Å². The number of amides is 1. The molecule has 0 bridgehead atoms. The molecule has 110 valence electrons. The lowest BCUT2D eigenvalue weighted by atomic mass is 10.2. The first-order valence-corrected chi connectivity index (χ1v) is 6.88. The molecule has 1 aliphatic heterocycles. The first-order valence-electron chi connectivity index (χ1n) is 6.88. The van der Waals surface area contributed by atoms with Gasteiger partial charge in [-0.25, -0.2) is 9.59 Å². The molecular weight excluding hydrogens is 272 g/mol. The number of fused-ring (bicyclic) bond motifs is 1. The Kier molecular flexibility index (Phi) is 3.51. The second-order valence-electron chi connectivity index (χ2n) is 4.85. The van der Waals surface area contributed by atoms with Crippen molar-refractivity contribution in [2.24, 2.45) is 0 Å². The summed E-state index contributed by atoms with van der Waals surface area (Å²) in [5, 5.41) is 3.39. The lowest BCUT2D eigenvalue weighted by molar-refractivity contribution is 0.0302. The summed E-state index contributed by atoms with van der Waals surface area (Å²) in [5.41, 5.74) is 1.53. The van der Waals surface area contributed by atoms with Crippen LogP contribution in [0.15, 0.2) is 30.5 Å². The molecule has 1 fully saturated rings. The molecule has 6 heteroatoms. The number of hydrogen-bond donors (Lipinski definition) is 1. The van der Waals surface area contributed by atoms with E-state index in [9.17, 15) is 9.59 Å². The van der Waals surface area contributed by atoms with E-state index in [1.807, 2.05) is 35.8 Å². The number of aromatic nitrogens is 1. The molecule has 1 aromatic carbocycles. The smallest absolute Gasteiger partial charge is 0.407 e. The van der Waals surface area contributed by atoms with Gasteiger partial charge in [-0.2, -0.15) is 0 Å². The summed E-state index contributed by atoms with van der Waals surface area (Å²) in [4.78, 5) is 23.1. The van der Waals surface area contributed by atoms with E-state index < -0.39 is 18.2 Å². The Labute approximate surface area is 121 Å². The highest BCUT2D eigenvalue weighted by Gasteiger charge is 2.25. The van der Waals surface area contributed by atoms with Crippen molar-refractivity contribution in [1.82, 2.24) is 9.88 Å². The highest BCUT2D eigenvalue weighted by molar-refractivity contribution is 6.04. The molecule has 2 aromatic rings. The highest BCUT2D eigenvalue weighted by atomic mass is 16.6. The predicted molar refractivity (Wildman–Crippen MR) is 76.2 cm³/mol. The predicted octanol–water partition coefficient (Wildman–Crippen LogP) is 1.93. The van der Waals surface area contributed by atoms with E-state index in [1.165, 1.54) is 0 Å². The van der Waals surface area contributed by atoms with Gasteiger partial charge in [0.1, 0.15) is 6.61 Å². The maximum Gasteiger partial charge on any atom is 0.407 e. The lowest BCUT2D eigenvalue weighted by Gasteiger charge is -2.08. The van der Waals surface area contributed by atoms with Crippen molar-refractivity contribution in [3.8, 4) is 0 Å². The summed E-state index contributed by atoms with van der Waals surface area (Å²) in [6, 6.07) is 7.70. The first-order chi connectivity index (χ1) is 10.2. The molecule has 6 nitrogen and oxygen atoms in total. The number of esters is 1. The molecule has 0 spiro atoms. The molecule has 1 aromatic heterocycles. The van der Waals surface area contributed by atoms with Gasteiger partial charge in [0.05, 0.1) is 12.1 Å². The van der Waals surface area contributed by atoms with Crippen LogP contribution in [0, 0.1) is 0 Å². The number of nitrogens with one attached hydrogen (secondary N) is 1. The molecule has 1 atom stereocenters. The summed E-state index contributed by atoms with van der Waals surface area (Å²) in [5.74, 6) is -0.402. The van der Waals surface area contributed by atoms with Crippen LogP contribution in [-0.4, -0.2) is 35.9 Å². The van der Waals surface area contributed by atoms with Crippen molar-refractivity contribution < 1.29 is 19.1 Å². The van der Waals surface area contributed by atoms with E-state index in [4.69, 9.17) is 9.47 Å². The molecule has 1 aliphatic rings. The van der Waals surface area contributed by atoms with E-state index in [2.05, 4.69) is 5.32 Å². The largest absolute Gasteiger partial charge is 0.458 e. The van der Waals surface area contributed by atoms with Gasteiger partial charge in [0.15, 0.2) is 6.10 Å². The first kappa shape index (κ1) is 13.5. The van der Waals surface area contributed by atoms with Gasteiger partial charge in [-0.1, -0.05) is 18.2 Å². The average Bonchev–Trinajstić information content (AvgIpc) is 3.08. The zero-order chi connectivity index (χ0) is 14.8. The molecule has 3 rings (SSSR count). The van der Waals surface area contributed by atoms with Crippen molar-refractivity contribution in [2.45, 2.75) is 19.6 Å². The third-order valence-electron chi connectivity index (χ3n) is 3.50. The molecule has 1 saturated heterocycles. The number of para-hydroxylation sites is 1. The molecule has 1 amide bonds. The number of aryl methyl sites for hydroxylation is 1. The fourth-order valence-corrected chi connectivity index (χ4v) is 2.44. The van der Waals surface area contributed by atoms with E-state index in [0.29, 0.717) is 12.1 Å². The number of benzene rings is 1. The van der Waals surface area contributed by atoms with Crippen LogP contribution >= 0.6 is 0 Å². The Morgan fingerprint density at radius 1 is 1.48 bits per heavy atom. The van der Waals surface area contributed by atoms with Gasteiger partial charge < -0.3 is 19.4 Å². The summed E-state index contributed by atoms with van der Waals surface area (Å²) < 4.78 is 12.2. The van der Waals surface area contributed by atoms with Gasteiger partial charge >= 0.3 is 12.1 Å². The van der Waals surface area contributed by atoms with Crippen LogP contribution in [0.5, 0.6) is 0 Å². The summed E-state index contributed by atoms with van der Waals surface area (Å²) in [6.45, 7) is 3.22. The number of carbonyl (C=O) groups is 2. The van der Waals surface area contributed by atoms with Crippen LogP contribution in [0.3, 0.4) is 0 Å². The van der Waals surface area contributed by atoms with Gasteiger partial charge in [0.2, 0.25) is 0 Å². The number of cyclic esters (lactones) is 1. The normalized spacial score (nSPS) is 17.6. The SMILES string of the molecule is CCn1cc(C(=O)OC[C@@H]2CNC(=O)O2)c2ccccc21.